The molecule has 0 radical (unpaired) electrons. The average molecular weight is 643 g/mol. The van der Waals surface area contributed by atoms with Crippen LogP contribution >= 0.6 is 0 Å². The number of hydrogen-bond acceptors (Lipinski definition) is 8. The first kappa shape index (κ1) is 34.9. The molecule has 8 heteroatoms. The third-order valence-electron chi connectivity index (χ3n) is 14.3. The molecule has 0 saturated heterocycles. The maximum atomic E-state index is 12.8. The highest BCUT2D eigenvalue weighted by Gasteiger charge is 2.74. The Balaban J connectivity index is 1.67. The van der Waals surface area contributed by atoms with E-state index < -0.39 is 0 Å². The van der Waals surface area contributed by atoms with Crippen LogP contribution in [-0.2, 0) is 38.1 Å². The second-order valence-corrected chi connectivity index (χ2v) is 17.2. The summed E-state index contributed by atoms with van der Waals surface area (Å²) in [4.78, 5) is 49.8. The SMILES string of the molecule is CC(=O)OC[C@@]12CC[C@@]3(C)[C@H]4C(=CC[C@]3(C)C1[C@H](OC(C)=O)C[C@H]2C(C)C)[C@@]1(C)CC[C@H](OC(C)=O)C(C)(C)C1C[C@@H]4OC(C)=O. The van der Waals surface area contributed by atoms with Crippen molar-refractivity contribution in [3.05, 3.63) is 11.6 Å². The van der Waals surface area contributed by atoms with E-state index in [1.807, 2.05) is 0 Å². The van der Waals surface area contributed by atoms with Crippen LogP contribution < -0.4 is 0 Å². The number of ether oxygens (including phenoxy) is 4. The van der Waals surface area contributed by atoms with Crippen molar-refractivity contribution in [3.8, 4) is 0 Å². The molecule has 5 rings (SSSR count). The van der Waals surface area contributed by atoms with Gasteiger partial charge in [-0.05, 0) is 78.9 Å². The van der Waals surface area contributed by atoms with Gasteiger partial charge in [0.15, 0.2) is 0 Å². The van der Waals surface area contributed by atoms with Crippen molar-refractivity contribution in [2.24, 2.45) is 56.7 Å². The summed E-state index contributed by atoms with van der Waals surface area (Å²) in [5.74, 6) is -0.470. The van der Waals surface area contributed by atoms with Gasteiger partial charge in [-0.1, -0.05) is 60.1 Å². The molecule has 2 unspecified atom stereocenters. The molecule has 0 bridgehead atoms. The van der Waals surface area contributed by atoms with Gasteiger partial charge in [0.25, 0.3) is 0 Å². The van der Waals surface area contributed by atoms with Crippen LogP contribution in [0.4, 0.5) is 0 Å². The second-order valence-electron chi connectivity index (χ2n) is 17.2. The van der Waals surface area contributed by atoms with Crippen molar-refractivity contribution >= 4 is 23.9 Å². The third kappa shape index (κ3) is 5.14. The van der Waals surface area contributed by atoms with Crippen LogP contribution in [-0.4, -0.2) is 48.8 Å². The maximum absolute atomic E-state index is 12.8. The third-order valence-corrected chi connectivity index (χ3v) is 14.3. The number of esters is 4. The number of allylic oxidation sites excluding steroid dienone is 1. The van der Waals surface area contributed by atoms with Crippen molar-refractivity contribution in [1.82, 2.24) is 0 Å². The first-order chi connectivity index (χ1) is 21.2. The normalized spacial score (nSPS) is 44.0. The zero-order valence-electron chi connectivity index (χ0n) is 30.1. The van der Waals surface area contributed by atoms with Gasteiger partial charge >= 0.3 is 23.9 Å². The van der Waals surface area contributed by atoms with E-state index in [9.17, 15) is 19.2 Å². The number of rotatable bonds is 6. The molecule has 8 nitrogen and oxygen atoms in total. The number of hydrogen-bond donors (Lipinski definition) is 0. The lowest BCUT2D eigenvalue weighted by Gasteiger charge is -2.70. The summed E-state index contributed by atoms with van der Waals surface area (Å²) in [6.07, 6.45) is 7.27. The minimum absolute atomic E-state index is 0.0136. The minimum atomic E-state index is -0.336. The quantitative estimate of drug-likeness (QED) is 0.170. The van der Waals surface area contributed by atoms with Crippen molar-refractivity contribution in [1.29, 1.82) is 0 Å². The summed E-state index contributed by atoms with van der Waals surface area (Å²) in [6, 6.07) is 0. The van der Waals surface area contributed by atoms with Gasteiger partial charge in [0.1, 0.15) is 18.3 Å². The fraction of sp³-hybridized carbons (Fsp3) is 0.842. The molecule has 0 aromatic rings. The number of fused-ring (bicyclic) bond motifs is 7. The summed E-state index contributed by atoms with van der Waals surface area (Å²) in [5.41, 5.74) is -0.0246. The fourth-order valence-electron chi connectivity index (χ4n) is 12.4. The lowest BCUT2D eigenvalue weighted by Crippen LogP contribution is -2.67. The molecular formula is C38H58O8. The van der Waals surface area contributed by atoms with E-state index in [0.29, 0.717) is 18.9 Å². The molecule has 0 heterocycles. The van der Waals surface area contributed by atoms with Crippen LogP contribution in [0, 0.1) is 56.7 Å². The van der Waals surface area contributed by atoms with E-state index >= 15 is 0 Å². The van der Waals surface area contributed by atoms with Crippen LogP contribution in [0.5, 0.6) is 0 Å². The topological polar surface area (TPSA) is 105 Å². The van der Waals surface area contributed by atoms with Crippen molar-refractivity contribution in [2.45, 2.75) is 139 Å². The van der Waals surface area contributed by atoms with Crippen LogP contribution in [0.25, 0.3) is 0 Å². The molecule has 4 fully saturated rings. The van der Waals surface area contributed by atoms with Gasteiger partial charge in [0, 0.05) is 50.4 Å². The Morgan fingerprint density at radius 1 is 0.783 bits per heavy atom. The molecule has 0 spiro atoms. The predicted octanol–water partition coefficient (Wildman–Crippen LogP) is 7.22. The molecule has 46 heavy (non-hydrogen) atoms. The van der Waals surface area contributed by atoms with E-state index in [1.165, 1.54) is 33.3 Å². The van der Waals surface area contributed by atoms with Crippen LogP contribution in [0.2, 0.25) is 0 Å². The summed E-state index contributed by atoms with van der Waals surface area (Å²) >= 11 is 0. The standard InChI is InChI=1S/C38H58O8/c1-21(2)27-18-29(45-24(5)41)33-37(11)15-12-26-32(36(37,10)16-17-38(27,33)20-43-22(3)39)28(44-23(4)40)19-30-34(7,8)31(46-25(6)42)13-14-35(26,30)9/h12,21,27-33H,13-20H2,1-11H3/t27-,28-,29+,30?,31-,32-,33?,35+,36-,37+,38+/m0/s1. The van der Waals surface area contributed by atoms with Crippen molar-refractivity contribution < 1.29 is 38.1 Å². The Labute approximate surface area is 276 Å². The molecule has 0 aromatic heterocycles. The van der Waals surface area contributed by atoms with Crippen molar-refractivity contribution in [2.75, 3.05) is 6.61 Å². The number of carbonyl (C=O) groups excluding carboxylic acids is 4. The zero-order valence-corrected chi connectivity index (χ0v) is 30.1. The highest BCUT2D eigenvalue weighted by atomic mass is 16.6. The molecule has 5 aliphatic carbocycles. The number of carbonyl (C=O) groups is 4. The van der Waals surface area contributed by atoms with Crippen LogP contribution in [0.3, 0.4) is 0 Å². The highest BCUT2D eigenvalue weighted by molar-refractivity contribution is 5.67. The van der Waals surface area contributed by atoms with Crippen LogP contribution in [0.15, 0.2) is 11.6 Å². The van der Waals surface area contributed by atoms with Crippen LogP contribution in [0.1, 0.15) is 121 Å². The maximum Gasteiger partial charge on any atom is 0.302 e. The van der Waals surface area contributed by atoms with Gasteiger partial charge in [-0.25, -0.2) is 0 Å². The Hall–Kier alpha value is -2.38. The lowest BCUT2D eigenvalue weighted by atomic mass is 9.35. The van der Waals surface area contributed by atoms with Gasteiger partial charge in [0.2, 0.25) is 0 Å². The molecule has 5 aliphatic rings. The van der Waals surface area contributed by atoms with Gasteiger partial charge in [-0.15, -0.1) is 0 Å². The smallest absolute Gasteiger partial charge is 0.302 e. The molecule has 11 atom stereocenters. The molecule has 4 saturated carbocycles. The minimum Gasteiger partial charge on any atom is -0.465 e. The summed E-state index contributed by atoms with van der Waals surface area (Å²) in [6.45, 7) is 22.3. The van der Waals surface area contributed by atoms with Crippen molar-refractivity contribution in [3.63, 3.8) is 0 Å². The van der Waals surface area contributed by atoms with E-state index in [-0.39, 0.29) is 92.9 Å². The molecule has 0 aromatic carbocycles. The Bertz CT molecular complexity index is 1300. The first-order valence-corrected chi connectivity index (χ1v) is 17.6. The van der Waals surface area contributed by atoms with Gasteiger partial charge < -0.3 is 18.9 Å². The largest absolute Gasteiger partial charge is 0.465 e. The summed E-state index contributed by atoms with van der Waals surface area (Å²) in [7, 11) is 0. The van der Waals surface area contributed by atoms with Gasteiger partial charge in [-0.3, -0.25) is 19.2 Å². The molecule has 0 aliphatic heterocycles. The van der Waals surface area contributed by atoms with E-state index in [1.54, 1.807) is 0 Å². The molecular weight excluding hydrogens is 584 g/mol. The first-order valence-electron chi connectivity index (χ1n) is 17.6. The second kappa shape index (κ2) is 11.6. The fourth-order valence-corrected chi connectivity index (χ4v) is 12.4. The van der Waals surface area contributed by atoms with E-state index in [2.05, 4.69) is 54.5 Å². The zero-order chi connectivity index (χ0) is 34.2. The Morgan fingerprint density at radius 2 is 1.39 bits per heavy atom. The molecule has 258 valence electrons. The molecule has 0 N–H and O–H groups in total. The average Bonchev–Trinajstić information content (AvgIpc) is 3.25. The predicted molar refractivity (Wildman–Crippen MR) is 173 cm³/mol. The molecule has 0 amide bonds. The van der Waals surface area contributed by atoms with E-state index in [0.717, 1.165) is 38.5 Å². The van der Waals surface area contributed by atoms with Gasteiger partial charge in [0.05, 0.1) is 6.61 Å². The highest BCUT2D eigenvalue weighted by Crippen LogP contribution is 2.77. The lowest BCUT2D eigenvalue weighted by molar-refractivity contribution is -0.225. The van der Waals surface area contributed by atoms with E-state index in [4.69, 9.17) is 18.9 Å². The monoisotopic (exact) mass is 642 g/mol. The summed E-state index contributed by atoms with van der Waals surface area (Å²) in [5, 5.41) is 0. The van der Waals surface area contributed by atoms with Gasteiger partial charge in [-0.2, -0.15) is 0 Å². The summed E-state index contributed by atoms with van der Waals surface area (Å²) < 4.78 is 24.4. The Kier molecular flexibility index (Phi) is 8.85. The Morgan fingerprint density at radius 3 is 1.96 bits per heavy atom.